The van der Waals surface area contributed by atoms with Crippen molar-refractivity contribution in [3.8, 4) is 0 Å². The summed E-state index contributed by atoms with van der Waals surface area (Å²) in [5, 5.41) is 0. The SMILES string of the molecule is CCOC(=O)C(F)=CC(F)(F)[C@](C)(N[S@](=O)C(C)(C)C)c1ccccc1F. The molecule has 9 heteroatoms. The highest BCUT2D eigenvalue weighted by atomic mass is 32.2. The van der Waals surface area contributed by atoms with Gasteiger partial charge >= 0.3 is 5.97 Å². The molecule has 0 saturated carbocycles. The fourth-order valence-electron chi connectivity index (χ4n) is 2.07. The Labute approximate surface area is 158 Å². The van der Waals surface area contributed by atoms with E-state index < -0.39 is 50.4 Å². The molecule has 0 bridgehead atoms. The van der Waals surface area contributed by atoms with Crippen LogP contribution in [0, 0.1) is 5.82 Å². The van der Waals surface area contributed by atoms with Crippen molar-refractivity contribution in [2.75, 3.05) is 6.61 Å². The molecule has 1 N–H and O–H groups in total. The van der Waals surface area contributed by atoms with E-state index in [2.05, 4.69) is 9.46 Å². The van der Waals surface area contributed by atoms with Gasteiger partial charge in [0.25, 0.3) is 5.92 Å². The highest BCUT2D eigenvalue weighted by Crippen LogP contribution is 2.41. The lowest BCUT2D eigenvalue weighted by Crippen LogP contribution is -2.56. The summed E-state index contributed by atoms with van der Waals surface area (Å²) in [5.41, 5.74) is -3.14. The van der Waals surface area contributed by atoms with E-state index in [-0.39, 0.29) is 12.7 Å². The summed E-state index contributed by atoms with van der Waals surface area (Å²) in [7, 11) is -2.06. The van der Waals surface area contributed by atoms with E-state index in [0.717, 1.165) is 19.1 Å². The molecule has 2 atom stereocenters. The first-order chi connectivity index (χ1) is 12.3. The van der Waals surface area contributed by atoms with E-state index in [1.807, 2.05) is 0 Å². The van der Waals surface area contributed by atoms with Crippen molar-refractivity contribution in [2.24, 2.45) is 0 Å². The lowest BCUT2D eigenvalue weighted by atomic mass is 9.85. The zero-order chi connectivity index (χ0) is 21.0. The number of ether oxygens (including phenoxy) is 1. The van der Waals surface area contributed by atoms with Gasteiger partial charge in [0.1, 0.15) is 11.4 Å². The molecule has 152 valence electrons. The molecule has 0 aliphatic rings. The van der Waals surface area contributed by atoms with Crippen LogP contribution in [0.1, 0.15) is 40.2 Å². The van der Waals surface area contributed by atoms with Crippen LogP contribution in [-0.2, 0) is 26.1 Å². The number of carbonyl (C=O) groups is 1. The van der Waals surface area contributed by atoms with Gasteiger partial charge in [-0.1, -0.05) is 18.2 Å². The van der Waals surface area contributed by atoms with E-state index in [0.29, 0.717) is 0 Å². The molecule has 0 aromatic heterocycles. The maximum absolute atomic E-state index is 15.0. The predicted octanol–water partition coefficient (Wildman–Crippen LogP) is 4.14. The third-order valence-corrected chi connectivity index (χ3v) is 5.42. The third-order valence-electron chi connectivity index (χ3n) is 3.71. The maximum atomic E-state index is 15.0. The molecule has 0 saturated heterocycles. The molecular formula is C18H23F4NO3S. The van der Waals surface area contributed by atoms with Gasteiger partial charge in [-0.25, -0.2) is 18.1 Å². The highest BCUT2D eigenvalue weighted by Gasteiger charge is 2.53. The first-order valence-electron chi connectivity index (χ1n) is 8.14. The Balaban J connectivity index is 3.53. The Kier molecular flexibility index (Phi) is 7.35. The highest BCUT2D eigenvalue weighted by molar-refractivity contribution is 7.84. The third kappa shape index (κ3) is 5.38. The molecule has 4 nitrogen and oxygen atoms in total. The number of hydrogen-bond acceptors (Lipinski definition) is 3. The number of rotatable bonds is 7. The van der Waals surface area contributed by atoms with Gasteiger partial charge < -0.3 is 4.74 Å². The molecular weight excluding hydrogens is 386 g/mol. The lowest BCUT2D eigenvalue weighted by molar-refractivity contribution is -0.140. The first kappa shape index (κ1) is 23.3. The van der Waals surface area contributed by atoms with Crippen LogP contribution in [0.5, 0.6) is 0 Å². The predicted molar refractivity (Wildman–Crippen MR) is 95.6 cm³/mol. The molecule has 0 fully saturated rings. The van der Waals surface area contributed by atoms with E-state index in [1.54, 1.807) is 0 Å². The van der Waals surface area contributed by atoms with Crippen molar-refractivity contribution in [3.63, 3.8) is 0 Å². The lowest BCUT2D eigenvalue weighted by Gasteiger charge is -2.38. The smallest absolute Gasteiger partial charge is 0.367 e. The van der Waals surface area contributed by atoms with Crippen LogP contribution < -0.4 is 4.72 Å². The molecule has 0 amide bonds. The minimum Gasteiger partial charge on any atom is -0.461 e. The van der Waals surface area contributed by atoms with Crippen LogP contribution >= 0.6 is 0 Å². The molecule has 0 heterocycles. The van der Waals surface area contributed by atoms with E-state index >= 15 is 8.78 Å². The number of hydrogen-bond donors (Lipinski definition) is 1. The van der Waals surface area contributed by atoms with Crippen LogP contribution in [0.25, 0.3) is 0 Å². The quantitative estimate of drug-likeness (QED) is 0.418. The summed E-state index contributed by atoms with van der Waals surface area (Å²) in [4.78, 5) is 11.4. The van der Waals surface area contributed by atoms with Crippen molar-refractivity contribution >= 4 is 17.0 Å². The molecule has 0 spiro atoms. The van der Waals surface area contributed by atoms with Crippen LogP contribution in [0.3, 0.4) is 0 Å². The number of esters is 1. The number of halogens is 4. The van der Waals surface area contributed by atoms with Crippen LogP contribution in [0.15, 0.2) is 36.2 Å². The Hall–Kier alpha value is -1.74. The number of nitrogens with one attached hydrogen (secondary N) is 1. The second-order valence-corrected chi connectivity index (χ2v) is 8.89. The first-order valence-corrected chi connectivity index (χ1v) is 9.29. The van der Waals surface area contributed by atoms with Gasteiger partial charge in [-0.2, -0.15) is 13.2 Å². The second kappa shape index (κ2) is 8.52. The number of carbonyl (C=O) groups excluding carboxylic acids is 1. The van der Waals surface area contributed by atoms with Crippen LogP contribution in [0.2, 0.25) is 0 Å². The Bertz CT molecular complexity index is 746. The molecule has 27 heavy (non-hydrogen) atoms. The summed E-state index contributed by atoms with van der Waals surface area (Å²) in [6, 6.07) is 4.65. The average molecular weight is 409 g/mol. The van der Waals surface area contributed by atoms with Crippen LogP contribution in [-0.4, -0.2) is 27.5 Å². The molecule has 0 aliphatic heterocycles. The van der Waals surface area contributed by atoms with Crippen molar-refractivity contribution in [1.82, 2.24) is 4.72 Å². The molecule has 0 unspecified atom stereocenters. The molecule has 1 rings (SSSR count). The summed E-state index contributed by atoms with van der Waals surface area (Å²) in [5.74, 6) is -8.52. The Morgan fingerprint density at radius 1 is 1.22 bits per heavy atom. The zero-order valence-corrected chi connectivity index (χ0v) is 16.6. The van der Waals surface area contributed by atoms with Gasteiger partial charge in [-0.05, 0) is 40.7 Å². The Morgan fingerprint density at radius 2 is 1.78 bits per heavy atom. The number of alkyl halides is 2. The monoisotopic (exact) mass is 409 g/mol. The molecule has 0 radical (unpaired) electrons. The topological polar surface area (TPSA) is 55.4 Å². The standard InChI is InChI=1S/C18H23F4NO3S/c1-6-26-15(24)14(20)11-18(21,22)17(5,23-27(25)16(2,3)4)12-9-7-8-10-13(12)19/h7-11,23H,6H2,1-5H3/t17-,27-/m1/s1. The minimum atomic E-state index is -4.13. The van der Waals surface area contributed by atoms with Gasteiger partial charge in [0, 0.05) is 11.6 Å². The van der Waals surface area contributed by atoms with Crippen LogP contribution in [0.4, 0.5) is 17.6 Å². The van der Waals surface area contributed by atoms with Gasteiger partial charge in [0.05, 0.1) is 22.3 Å². The van der Waals surface area contributed by atoms with Crippen molar-refractivity contribution in [3.05, 3.63) is 47.5 Å². The summed E-state index contributed by atoms with van der Waals surface area (Å²) in [6.45, 7) is 6.68. The summed E-state index contributed by atoms with van der Waals surface area (Å²) >= 11 is 0. The number of benzene rings is 1. The zero-order valence-electron chi connectivity index (χ0n) is 15.7. The summed E-state index contributed by atoms with van der Waals surface area (Å²) < 4.78 is 76.4. The van der Waals surface area contributed by atoms with Gasteiger partial charge in [0.15, 0.2) is 0 Å². The molecule has 0 aliphatic carbocycles. The van der Waals surface area contributed by atoms with E-state index in [1.165, 1.54) is 39.8 Å². The molecule has 1 aromatic rings. The van der Waals surface area contributed by atoms with E-state index in [4.69, 9.17) is 0 Å². The Morgan fingerprint density at radius 3 is 2.26 bits per heavy atom. The summed E-state index contributed by atoms with van der Waals surface area (Å²) in [6.07, 6.45) is -0.246. The van der Waals surface area contributed by atoms with Gasteiger partial charge in [-0.15, -0.1) is 0 Å². The van der Waals surface area contributed by atoms with Crippen molar-refractivity contribution in [2.45, 2.75) is 50.8 Å². The fourth-order valence-corrected chi connectivity index (χ4v) is 2.99. The van der Waals surface area contributed by atoms with Crippen molar-refractivity contribution < 1.29 is 31.3 Å². The van der Waals surface area contributed by atoms with Gasteiger partial charge in [-0.3, -0.25) is 0 Å². The normalized spacial score (nSPS) is 16.6. The van der Waals surface area contributed by atoms with Gasteiger partial charge in [0.2, 0.25) is 5.83 Å². The fraction of sp³-hybridized carbons (Fsp3) is 0.500. The minimum absolute atomic E-state index is 0.206. The van der Waals surface area contributed by atoms with E-state index in [9.17, 15) is 17.8 Å². The largest absolute Gasteiger partial charge is 0.461 e. The maximum Gasteiger partial charge on any atom is 0.367 e. The molecule has 1 aromatic carbocycles. The second-order valence-electron chi connectivity index (χ2n) is 6.92. The average Bonchev–Trinajstić information content (AvgIpc) is 2.53. The van der Waals surface area contributed by atoms with Crippen molar-refractivity contribution in [1.29, 1.82) is 0 Å².